The number of rotatable bonds is 4. The third kappa shape index (κ3) is 3.08. The average molecular weight is 305 g/mol. The molecule has 1 aromatic carbocycles. The maximum atomic E-state index is 12.6. The average Bonchev–Trinajstić information content (AvgIpc) is 2.95. The van der Waals surface area contributed by atoms with E-state index in [2.05, 4.69) is 5.32 Å². The number of amides is 2. The molecule has 118 valence electrons. The predicted molar refractivity (Wildman–Crippen MR) is 80.6 cm³/mol. The number of nitrogens with zero attached hydrogens (tertiary/aromatic N) is 2. The first kappa shape index (κ1) is 15.9. The van der Waals surface area contributed by atoms with Crippen LogP contribution in [-0.2, 0) is 4.79 Å². The highest BCUT2D eigenvalue weighted by atomic mass is 16.6. The molecule has 0 saturated carbocycles. The summed E-state index contributed by atoms with van der Waals surface area (Å²) in [7, 11) is 0. The fourth-order valence-electron chi connectivity index (χ4n) is 2.73. The molecule has 1 heterocycles. The Morgan fingerprint density at radius 2 is 2.18 bits per heavy atom. The highest BCUT2D eigenvalue weighted by molar-refractivity contribution is 5.98. The van der Waals surface area contributed by atoms with Crippen molar-refractivity contribution < 1.29 is 14.5 Å². The minimum atomic E-state index is -0.475. The maximum Gasteiger partial charge on any atom is 0.272 e. The van der Waals surface area contributed by atoms with E-state index in [1.165, 1.54) is 18.2 Å². The van der Waals surface area contributed by atoms with Crippen LogP contribution in [0, 0.1) is 17.0 Å². The molecule has 1 fully saturated rings. The Hall–Kier alpha value is -2.44. The van der Waals surface area contributed by atoms with Gasteiger partial charge in [-0.05, 0) is 38.8 Å². The topological polar surface area (TPSA) is 92.6 Å². The first-order valence-electron chi connectivity index (χ1n) is 7.29. The van der Waals surface area contributed by atoms with Crippen molar-refractivity contribution in [2.45, 2.75) is 32.7 Å². The number of nitro benzene ring substituents is 1. The van der Waals surface area contributed by atoms with Gasteiger partial charge >= 0.3 is 0 Å². The molecule has 7 heteroatoms. The molecular weight excluding hydrogens is 286 g/mol. The molecule has 2 amide bonds. The van der Waals surface area contributed by atoms with Crippen molar-refractivity contribution in [3.8, 4) is 0 Å². The Balaban J connectivity index is 2.22. The highest BCUT2D eigenvalue weighted by Gasteiger charge is 2.34. The van der Waals surface area contributed by atoms with Crippen molar-refractivity contribution in [3.63, 3.8) is 0 Å². The number of likely N-dealkylation sites (N-methyl/N-ethyl adjacent to an activating group) is 1. The second-order valence-electron chi connectivity index (χ2n) is 5.31. The summed E-state index contributed by atoms with van der Waals surface area (Å²) in [5.74, 6) is -0.404. The third-order valence-corrected chi connectivity index (χ3v) is 3.81. The van der Waals surface area contributed by atoms with Crippen molar-refractivity contribution in [2.75, 3.05) is 13.1 Å². The second-order valence-corrected chi connectivity index (χ2v) is 5.31. The molecule has 1 aliphatic heterocycles. The molecule has 1 atom stereocenters. The zero-order valence-corrected chi connectivity index (χ0v) is 12.7. The number of carbonyl (C=O) groups is 2. The number of nitro groups is 1. The van der Waals surface area contributed by atoms with Gasteiger partial charge in [-0.3, -0.25) is 19.7 Å². The summed E-state index contributed by atoms with van der Waals surface area (Å²) >= 11 is 0. The third-order valence-electron chi connectivity index (χ3n) is 3.81. The minimum Gasteiger partial charge on any atom is -0.355 e. The van der Waals surface area contributed by atoms with Crippen LogP contribution in [0.25, 0.3) is 0 Å². The van der Waals surface area contributed by atoms with Gasteiger partial charge in [0.15, 0.2) is 0 Å². The fraction of sp³-hybridized carbons (Fsp3) is 0.467. The molecule has 1 saturated heterocycles. The number of likely N-dealkylation sites (tertiary alicyclic amines) is 1. The van der Waals surface area contributed by atoms with Crippen LogP contribution in [0.5, 0.6) is 0 Å². The molecule has 1 N–H and O–H groups in total. The van der Waals surface area contributed by atoms with E-state index in [0.717, 1.165) is 6.42 Å². The van der Waals surface area contributed by atoms with E-state index in [1.54, 1.807) is 11.8 Å². The first-order valence-corrected chi connectivity index (χ1v) is 7.29. The first-order chi connectivity index (χ1) is 10.5. The monoisotopic (exact) mass is 305 g/mol. The summed E-state index contributed by atoms with van der Waals surface area (Å²) < 4.78 is 0. The lowest BCUT2D eigenvalue weighted by atomic mass is 10.1. The smallest absolute Gasteiger partial charge is 0.272 e. The number of benzene rings is 1. The molecule has 0 radical (unpaired) electrons. The van der Waals surface area contributed by atoms with E-state index in [4.69, 9.17) is 0 Å². The Morgan fingerprint density at radius 3 is 2.77 bits per heavy atom. The van der Waals surface area contributed by atoms with Crippen LogP contribution in [-0.4, -0.2) is 40.8 Å². The van der Waals surface area contributed by atoms with Crippen molar-refractivity contribution in [1.82, 2.24) is 10.2 Å². The lowest BCUT2D eigenvalue weighted by Crippen LogP contribution is -2.45. The van der Waals surface area contributed by atoms with Crippen LogP contribution in [0.1, 0.15) is 35.7 Å². The number of nitrogens with one attached hydrogen (secondary N) is 1. The van der Waals surface area contributed by atoms with Crippen LogP contribution < -0.4 is 5.32 Å². The van der Waals surface area contributed by atoms with E-state index in [0.29, 0.717) is 30.6 Å². The summed E-state index contributed by atoms with van der Waals surface area (Å²) in [5.41, 5.74) is 0.794. The number of hydrogen-bond donors (Lipinski definition) is 1. The quantitative estimate of drug-likeness (QED) is 0.676. The van der Waals surface area contributed by atoms with Crippen LogP contribution in [0.2, 0.25) is 0 Å². The lowest BCUT2D eigenvalue weighted by Gasteiger charge is -2.24. The Kier molecular flexibility index (Phi) is 4.75. The summed E-state index contributed by atoms with van der Waals surface area (Å²) in [6.07, 6.45) is 1.42. The number of aryl methyl sites for hydroxylation is 1. The van der Waals surface area contributed by atoms with Gasteiger partial charge in [0.25, 0.3) is 11.6 Å². The van der Waals surface area contributed by atoms with Crippen molar-refractivity contribution in [3.05, 3.63) is 39.4 Å². The fourth-order valence-corrected chi connectivity index (χ4v) is 2.73. The van der Waals surface area contributed by atoms with E-state index < -0.39 is 11.0 Å². The van der Waals surface area contributed by atoms with Crippen LogP contribution in [0.3, 0.4) is 0 Å². The second kappa shape index (κ2) is 6.55. The van der Waals surface area contributed by atoms with Crippen LogP contribution >= 0.6 is 0 Å². The molecule has 0 spiro atoms. The number of hydrogen-bond acceptors (Lipinski definition) is 4. The van der Waals surface area contributed by atoms with Gasteiger partial charge in [0, 0.05) is 30.3 Å². The molecule has 0 bridgehead atoms. The largest absolute Gasteiger partial charge is 0.355 e. The SMILES string of the molecule is CCNC(=O)[C@@H]1CCCN1C(=O)c1ccc([N+](=O)[O-])c(C)c1. The highest BCUT2D eigenvalue weighted by Crippen LogP contribution is 2.23. The van der Waals surface area contributed by atoms with E-state index >= 15 is 0 Å². The summed E-state index contributed by atoms with van der Waals surface area (Å²) in [6, 6.07) is 3.83. The molecule has 0 aromatic heterocycles. The predicted octanol–water partition coefficient (Wildman–Crippen LogP) is 1.64. The van der Waals surface area contributed by atoms with Crippen molar-refractivity contribution in [1.29, 1.82) is 0 Å². The van der Waals surface area contributed by atoms with Gasteiger partial charge in [-0.15, -0.1) is 0 Å². The Bertz CT molecular complexity index is 615. The van der Waals surface area contributed by atoms with Crippen molar-refractivity contribution >= 4 is 17.5 Å². The van der Waals surface area contributed by atoms with E-state index in [1.807, 2.05) is 6.92 Å². The normalized spacial score (nSPS) is 17.4. The molecule has 0 unspecified atom stereocenters. The van der Waals surface area contributed by atoms with Gasteiger partial charge in [0.1, 0.15) is 6.04 Å². The van der Waals surface area contributed by atoms with Gasteiger partial charge in [-0.2, -0.15) is 0 Å². The van der Waals surface area contributed by atoms with Gasteiger partial charge < -0.3 is 10.2 Å². The zero-order chi connectivity index (χ0) is 16.3. The van der Waals surface area contributed by atoms with E-state index in [-0.39, 0.29) is 17.5 Å². The Morgan fingerprint density at radius 1 is 1.45 bits per heavy atom. The van der Waals surface area contributed by atoms with Gasteiger partial charge in [0.2, 0.25) is 5.91 Å². The summed E-state index contributed by atoms with van der Waals surface area (Å²) in [4.78, 5) is 36.5. The molecule has 0 aliphatic carbocycles. The van der Waals surface area contributed by atoms with Gasteiger partial charge in [-0.25, -0.2) is 0 Å². The molecule has 7 nitrogen and oxygen atoms in total. The number of carbonyl (C=O) groups excluding carboxylic acids is 2. The lowest BCUT2D eigenvalue weighted by molar-refractivity contribution is -0.385. The van der Waals surface area contributed by atoms with E-state index in [9.17, 15) is 19.7 Å². The molecule has 2 rings (SSSR count). The molecule has 1 aromatic rings. The van der Waals surface area contributed by atoms with Crippen LogP contribution in [0.4, 0.5) is 5.69 Å². The van der Waals surface area contributed by atoms with Crippen LogP contribution in [0.15, 0.2) is 18.2 Å². The standard InChI is InChI=1S/C15H19N3O4/c1-3-16-14(19)13-5-4-8-17(13)15(20)11-6-7-12(18(21)22)10(2)9-11/h6-7,9,13H,3-5,8H2,1-2H3,(H,16,19)/t13-/m0/s1. The maximum absolute atomic E-state index is 12.6. The summed E-state index contributed by atoms with van der Waals surface area (Å²) in [6.45, 7) is 4.48. The zero-order valence-electron chi connectivity index (χ0n) is 12.7. The molecular formula is C15H19N3O4. The van der Waals surface area contributed by atoms with Crippen molar-refractivity contribution in [2.24, 2.45) is 0 Å². The molecule has 22 heavy (non-hydrogen) atoms. The summed E-state index contributed by atoms with van der Waals surface area (Å²) in [5, 5.41) is 13.6. The van der Waals surface area contributed by atoms with Gasteiger partial charge in [-0.1, -0.05) is 0 Å². The minimum absolute atomic E-state index is 0.0155. The Labute approximate surface area is 128 Å². The van der Waals surface area contributed by atoms with Gasteiger partial charge in [0.05, 0.1) is 4.92 Å². The molecule has 1 aliphatic rings.